The zero-order valence-electron chi connectivity index (χ0n) is 9.79. The number of nitrogens with zero attached hydrogens (tertiary/aromatic N) is 1. The summed E-state index contributed by atoms with van der Waals surface area (Å²) in [6, 6.07) is 1.12. The Morgan fingerprint density at radius 2 is 2.33 bits per heavy atom. The van der Waals surface area contributed by atoms with Gasteiger partial charge in [-0.1, -0.05) is 6.92 Å². The van der Waals surface area contributed by atoms with Crippen molar-refractivity contribution in [3.63, 3.8) is 0 Å². The van der Waals surface area contributed by atoms with E-state index < -0.39 is 0 Å². The van der Waals surface area contributed by atoms with Gasteiger partial charge in [-0.2, -0.15) is 0 Å². The lowest BCUT2D eigenvalue weighted by Crippen LogP contribution is -2.29. The lowest BCUT2D eigenvalue weighted by molar-refractivity contribution is 0.448. The Hall–Kier alpha value is -0.410. The van der Waals surface area contributed by atoms with Crippen LogP contribution >= 0.6 is 11.3 Å². The minimum absolute atomic E-state index is 0.416. The first-order chi connectivity index (χ1) is 7.15. The maximum atomic E-state index is 4.43. The van der Waals surface area contributed by atoms with Crippen LogP contribution in [0.15, 0.2) is 6.20 Å². The summed E-state index contributed by atoms with van der Waals surface area (Å²) in [7, 11) is 0. The summed E-state index contributed by atoms with van der Waals surface area (Å²) in [6.45, 7) is 6.69. The van der Waals surface area contributed by atoms with E-state index in [1.807, 2.05) is 6.20 Å². The topological polar surface area (TPSA) is 24.9 Å². The molecule has 1 N–H and O–H groups in total. The number of hydrogen-bond acceptors (Lipinski definition) is 3. The summed E-state index contributed by atoms with van der Waals surface area (Å²) in [5.41, 5.74) is 0. The maximum absolute atomic E-state index is 4.43. The van der Waals surface area contributed by atoms with E-state index in [4.69, 9.17) is 0 Å². The minimum atomic E-state index is 0.416. The molecule has 0 bridgehead atoms. The Kier molecular flexibility index (Phi) is 3.42. The monoisotopic (exact) mass is 224 g/mol. The largest absolute Gasteiger partial charge is 0.305 e. The Balaban J connectivity index is 1.89. The third-order valence-corrected chi connectivity index (χ3v) is 4.29. The molecule has 3 unspecified atom stereocenters. The molecule has 0 amide bonds. The van der Waals surface area contributed by atoms with Crippen LogP contribution in [0.3, 0.4) is 0 Å². The summed E-state index contributed by atoms with van der Waals surface area (Å²) in [5.74, 6) is 0.896. The molecule has 2 rings (SSSR count). The van der Waals surface area contributed by atoms with Crippen LogP contribution in [0.5, 0.6) is 0 Å². The zero-order valence-corrected chi connectivity index (χ0v) is 10.6. The van der Waals surface area contributed by atoms with E-state index in [9.17, 15) is 0 Å². The first-order valence-corrected chi connectivity index (χ1v) is 6.65. The fourth-order valence-corrected chi connectivity index (χ4v) is 3.14. The van der Waals surface area contributed by atoms with Gasteiger partial charge in [0, 0.05) is 17.1 Å². The van der Waals surface area contributed by atoms with Crippen molar-refractivity contribution in [3.8, 4) is 0 Å². The van der Waals surface area contributed by atoms with E-state index in [-0.39, 0.29) is 0 Å². The lowest BCUT2D eigenvalue weighted by Gasteiger charge is -2.17. The summed E-state index contributed by atoms with van der Waals surface area (Å²) in [5, 5.41) is 4.92. The van der Waals surface area contributed by atoms with Crippen molar-refractivity contribution in [2.75, 3.05) is 0 Å². The van der Waals surface area contributed by atoms with E-state index in [1.54, 1.807) is 11.3 Å². The quantitative estimate of drug-likeness (QED) is 0.852. The Morgan fingerprint density at radius 1 is 1.53 bits per heavy atom. The number of hydrogen-bond donors (Lipinski definition) is 1. The molecule has 1 aromatic rings. The van der Waals surface area contributed by atoms with Gasteiger partial charge in [0.1, 0.15) is 5.01 Å². The van der Waals surface area contributed by atoms with E-state index >= 15 is 0 Å². The summed E-state index contributed by atoms with van der Waals surface area (Å²) in [6.07, 6.45) is 6.00. The van der Waals surface area contributed by atoms with Gasteiger partial charge in [-0.3, -0.25) is 0 Å². The van der Waals surface area contributed by atoms with E-state index in [0.29, 0.717) is 12.1 Å². The van der Waals surface area contributed by atoms with Crippen LogP contribution in [0.4, 0.5) is 0 Å². The molecule has 1 aliphatic rings. The average Bonchev–Trinajstić information content (AvgIpc) is 2.75. The Morgan fingerprint density at radius 3 is 2.87 bits per heavy atom. The van der Waals surface area contributed by atoms with Crippen LogP contribution in [0.2, 0.25) is 0 Å². The molecule has 1 aliphatic carbocycles. The van der Waals surface area contributed by atoms with Crippen molar-refractivity contribution in [1.82, 2.24) is 10.3 Å². The molecular weight excluding hydrogens is 204 g/mol. The summed E-state index contributed by atoms with van der Waals surface area (Å²) in [4.78, 5) is 5.74. The molecule has 2 nitrogen and oxygen atoms in total. The summed E-state index contributed by atoms with van der Waals surface area (Å²) >= 11 is 1.81. The lowest BCUT2D eigenvalue weighted by atomic mass is 10.1. The average molecular weight is 224 g/mol. The number of thiazole rings is 1. The number of nitrogens with one attached hydrogen (secondary N) is 1. The molecule has 1 saturated carbocycles. The van der Waals surface area contributed by atoms with Gasteiger partial charge in [0.25, 0.3) is 0 Å². The molecule has 0 radical (unpaired) electrons. The van der Waals surface area contributed by atoms with Crippen LogP contribution in [0.25, 0.3) is 0 Å². The molecule has 0 spiro atoms. The molecular formula is C12H20N2S. The number of aromatic nitrogens is 1. The highest BCUT2D eigenvalue weighted by molar-refractivity contribution is 7.11. The van der Waals surface area contributed by atoms with Gasteiger partial charge in [-0.25, -0.2) is 4.98 Å². The Bertz CT molecular complexity index is 321. The first-order valence-electron chi connectivity index (χ1n) is 5.83. The van der Waals surface area contributed by atoms with Crippen LogP contribution in [0.1, 0.15) is 49.0 Å². The van der Waals surface area contributed by atoms with Gasteiger partial charge in [-0.05, 0) is 39.0 Å². The highest BCUT2D eigenvalue weighted by atomic mass is 32.1. The van der Waals surface area contributed by atoms with Crippen molar-refractivity contribution in [3.05, 3.63) is 16.1 Å². The smallest absolute Gasteiger partial charge is 0.109 e. The van der Waals surface area contributed by atoms with Crippen LogP contribution in [0, 0.1) is 12.8 Å². The van der Waals surface area contributed by atoms with Gasteiger partial charge in [-0.15, -0.1) is 11.3 Å². The molecule has 1 heterocycles. The van der Waals surface area contributed by atoms with Crippen molar-refractivity contribution in [2.24, 2.45) is 5.92 Å². The highest BCUT2D eigenvalue weighted by Gasteiger charge is 2.23. The first kappa shape index (κ1) is 11.1. The predicted molar refractivity (Wildman–Crippen MR) is 65.2 cm³/mol. The van der Waals surface area contributed by atoms with Gasteiger partial charge in [0.2, 0.25) is 0 Å². The van der Waals surface area contributed by atoms with Crippen LogP contribution in [-0.2, 0) is 0 Å². The number of aryl methyl sites for hydroxylation is 1. The van der Waals surface area contributed by atoms with Gasteiger partial charge >= 0.3 is 0 Å². The predicted octanol–water partition coefficient (Wildman–Crippen LogP) is 3.29. The van der Waals surface area contributed by atoms with Crippen LogP contribution < -0.4 is 5.32 Å². The van der Waals surface area contributed by atoms with Crippen molar-refractivity contribution in [2.45, 2.75) is 52.1 Å². The molecule has 1 aromatic heterocycles. The van der Waals surface area contributed by atoms with Gasteiger partial charge < -0.3 is 5.32 Å². The fraction of sp³-hybridized carbons (Fsp3) is 0.750. The van der Waals surface area contributed by atoms with Gasteiger partial charge in [0.15, 0.2) is 0 Å². The molecule has 1 fully saturated rings. The third kappa shape index (κ3) is 2.79. The second kappa shape index (κ2) is 4.62. The van der Waals surface area contributed by atoms with E-state index in [1.165, 1.54) is 29.1 Å². The van der Waals surface area contributed by atoms with E-state index in [2.05, 4.69) is 31.1 Å². The standard InChI is InChI=1S/C12H20N2S/c1-8-4-5-11(6-8)14-10(3)12-13-7-9(2)15-12/h7-8,10-11,14H,4-6H2,1-3H3. The Labute approximate surface area is 96.1 Å². The van der Waals surface area contributed by atoms with E-state index in [0.717, 1.165) is 5.92 Å². The second-order valence-corrected chi connectivity index (χ2v) is 6.08. The molecule has 0 aliphatic heterocycles. The van der Waals surface area contributed by atoms with Crippen molar-refractivity contribution < 1.29 is 0 Å². The molecule has 3 heteroatoms. The zero-order chi connectivity index (χ0) is 10.8. The minimum Gasteiger partial charge on any atom is -0.305 e. The third-order valence-electron chi connectivity index (χ3n) is 3.19. The SMILES string of the molecule is Cc1cnc(C(C)NC2CCC(C)C2)s1. The fourth-order valence-electron chi connectivity index (χ4n) is 2.36. The molecule has 0 aromatic carbocycles. The van der Waals surface area contributed by atoms with Crippen molar-refractivity contribution in [1.29, 1.82) is 0 Å². The van der Waals surface area contributed by atoms with Gasteiger partial charge in [0.05, 0.1) is 6.04 Å². The molecule has 84 valence electrons. The normalized spacial score (nSPS) is 28.2. The number of rotatable bonds is 3. The van der Waals surface area contributed by atoms with Crippen molar-refractivity contribution >= 4 is 11.3 Å². The highest BCUT2D eigenvalue weighted by Crippen LogP contribution is 2.27. The molecule has 0 saturated heterocycles. The summed E-state index contributed by atoms with van der Waals surface area (Å²) < 4.78 is 0. The second-order valence-electron chi connectivity index (χ2n) is 4.81. The molecule has 15 heavy (non-hydrogen) atoms. The maximum Gasteiger partial charge on any atom is 0.109 e. The van der Waals surface area contributed by atoms with Crippen LogP contribution in [-0.4, -0.2) is 11.0 Å². The molecule has 3 atom stereocenters.